The van der Waals surface area contributed by atoms with Crippen LogP contribution in [-0.2, 0) is 16.8 Å². The monoisotopic (exact) mass is 241 g/mol. The smallest absolute Gasteiger partial charge is 0.165 e. The minimum atomic E-state index is -0.229. The maximum absolute atomic E-state index is 5.19. The van der Waals surface area contributed by atoms with Crippen LogP contribution in [0.2, 0.25) is 0 Å². The molecule has 0 saturated heterocycles. The Labute approximate surface area is 103 Å². The molecule has 0 fully saturated rings. The van der Waals surface area contributed by atoms with Gasteiger partial charge in [0, 0.05) is 7.11 Å². The molecule has 0 atom stereocenters. The highest BCUT2D eigenvalue weighted by Crippen LogP contribution is 2.14. The van der Waals surface area contributed by atoms with Gasteiger partial charge in [0.1, 0.15) is 0 Å². The first-order chi connectivity index (χ1) is 7.97. The van der Waals surface area contributed by atoms with Crippen LogP contribution in [0.25, 0.3) is 0 Å². The molecule has 0 aliphatic heterocycles. The molecule has 6 nitrogen and oxygen atoms in total. The fourth-order valence-electron chi connectivity index (χ4n) is 1.67. The fourth-order valence-corrected chi connectivity index (χ4v) is 1.67. The van der Waals surface area contributed by atoms with Crippen molar-refractivity contribution in [1.82, 2.24) is 25.5 Å². The molecule has 0 aliphatic rings. The summed E-state index contributed by atoms with van der Waals surface area (Å²) in [5.41, 5.74) is -0.229. The summed E-state index contributed by atoms with van der Waals surface area (Å²) in [5.74, 6) is 1.46. The molecule has 98 valence electrons. The van der Waals surface area contributed by atoms with Gasteiger partial charge in [0.05, 0.1) is 18.7 Å². The molecule has 0 bridgehead atoms. The van der Waals surface area contributed by atoms with Crippen LogP contribution in [0.15, 0.2) is 0 Å². The predicted molar refractivity (Wildman–Crippen MR) is 65.6 cm³/mol. The zero-order valence-electron chi connectivity index (χ0n) is 11.4. The lowest BCUT2D eigenvalue weighted by molar-refractivity contribution is 0.0975. The number of hydrogen-bond donors (Lipinski definition) is 1. The van der Waals surface area contributed by atoms with Gasteiger partial charge in [-0.05, 0) is 36.7 Å². The van der Waals surface area contributed by atoms with Crippen LogP contribution in [0.4, 0.5) is 0 Å². The lowest BCUT2D eigenvalue weighted by Crippen LogP contribution is -2.35. The van der Waals surface area contributed by atoms with Gasteiger partial charge in [-0.3, -0.25) is 0 Å². The van der Waals surface area contributed by atoms with E-state index in [1.807, 2.05) is 4.68 Å². The number of nitrogens with one attached hydrogen (secondary N) is 1. The Hall–Kier alpha value is -1.01. The van der Waals surface area contributed by atoms with Crippen molar-refractivity contribution in [3.63, 3.8) is 0 Å². The first-order valence-corrected chi connectivity index (χ1v) is 5.94. The highest BCUT2D eigenvalue weighted by atomic mass is 16.5. The number of hydrogen-bond acceptors (Lipinski definition) is 5. The first-order valence-electron chi connectivity index (χ1n) is 5.94. The fraction of sp³-hybridized carbons (Fsp3) is 0.909. The van der Waals surface area contributed by atoms with Crippen LogP contribution in [0.5, 0.6) is 0 Å². The van der Waals surface area contributed by atoms with Crippen molar-refractivity contribution >= 4 is 0 Å². The second-order valence-electron chi connectivity index (χ2n) is 5.28. The van der Waals surface area contributed by atoms with Crippen molar-refractivity contribution < 1.29 is 4.74 Å². The van der Waals surface area contributed by atoms with E-state index in [1.165, 1.54) is 0 Å². The highest BCUT2D eigenvalue weighted by Gasteiger charge is 2.24. The molecule has 0 spiro atoms. The Balaban J connectivity index is 2.65. The van der Waals surface area contributed by atoms with E-state index >= 15 is 0 Å². The summed E-state index contributed by atoms with van der Waals surface area (Å²) in [5, 5.41) is 15.2. The van der Waals surface area contributed by atoms with Gasteiger partial charge >= 0.3 is 0 Å². The molecule has 17 heavy (non-hydrogen) atoms. The number of nitrogens with zero attached hydrogens (tertiary/aromatic N) is 4. The van der Waals surface area contributed by atoms with Gasteiger partial charge in [-0.25, -0.2) is 4.68 Å². The van der Waals surface area contributed by atoms with E-state index in [2.05, 4.69) is 48.5 Å². The van der Waals surface area contributed by atoms with Crippen molar-refractivity contribution in [3.05, 3.63) is 5.82 Å². The Morgan fingerprint density at radius 3 is 2.71 bits per heavy atom. The molecule has 1 rings (SSSR count). The topological polar surface area (TPSA) is 64.9 Å². The molecule has 0 amide bonds. The van der Waals surface area contributed by atoms with E-state index in [1.54, 1.807) is 7.11 Å². The quantitative estimate of drug-likeness (QED) is 0.765. The molecular formula is C11H23N5O. The van der Waals surface area contributed by atoms with Gasteiger partial charge in [0.15, 0.2) is 5.82 Å². The summed E-state index contributed by atoms with van der Waals surface area (Å²) in [4.78, 5) is 0. The minimum absolute atomic E-state index is 0.229. The standard InChI is InChI=1S/C11H23N5O/c1-9(2)6-12-7-10-13-14-15-16(10)11(3,4)8-17-5/h9,12H,6-8H2,1-5H3. The zero-order chi connectivity index (χ0) is 12.9. The molecule has 1 aromatic rings. The van der Waals surface area contributed by atoms with Crippen LogP contribution in [-0.4, -0.2) is 40.5 Å². The third-order valence-electron chi connectivity index (χ3n) is 2.44. The summed E-state index contributed by atoms with van der Waals surface area (Å²) in [6.07, 6.45) is 0. The Morgan fingerprint density at radius 2 is 2.12 bits per heavy atom. The van der Waals surface area contributed by atoms with Crippen molar-refractivity contribution in [3.8, 4) is 0 Å². The molecule has 1 aromatic heterocycles. The van der Waals surface area contributed by atoms with Gasteiger partial charge in [0.25, 0.3) is 0 Å². The van der Waals surface area contributed by atoms with Gasteiger partial charge in [-0.2, -0.15) is 0 Å². The highest BCUT2D eigenvalue weighted by molar-refractivity contribution is 4.88. The molecular weight excluding hydrogens is 218 g/mol. The second kappa shape index (κ2) is 6.07. The average molecular weight is 241 g/mol. The third-order valence-corrected chi connectivity index (χ3v) is 2.44. The van der Waals surface area contributed by atoms with Crippen molar-refractivity contribution in [1.29, 1.82) is 0 Å². The second-order valence-corrected chi connectivity index (χ2v) is 5.28. The van der Waals surface area contributed by atoms with E-state index in [9.17, 15) is 0 Å². The molecule has 1 heterocycles. The summed E-state index contributed by atoms with van der Waals surface area (Å²) < 4.78 is 7.01. The molecule has 0 saturated carbocycles. The number of ether oxygens (including phenoxy) is 1. The zero-order valence-corrected chi connectivity index (χ0v) is 11.4. The Kier molecular flexibility index (Phi) is 5.02. The number of tetrazole rings is 1. The third kappa shape index (κ3) is 4.05. The van der Waals surface area contributed by atoms with E-state index < -0.39 is 0 Å². The maximum atomic E-state index is 5.19. The molecule has 0 aliphatic carbocycles. The van der Waals surface area contributed by atoms with Gasteiger partial charge in [-0.15, -0.1) is 5.10 Å². The van der Waals surface area contributed by atoms with Crippen molar-refractivity contribution in [2.24, 2.45) is 5.92 Å². The van der Waals surface area contributed by atoms with Gasteiger partial charge < -0.3 is 10.1 Å². The summed E-state index contributed by atoms with van der Waals surface area (Å²) >= 11 is 0. The van der Waals surface area contributed by atoms with E-state index in [0.717, 1.165) is 12.4 Å². The summed E-state index contributed by atoms with van der Waals surface area (Å²) in [6, 6.07) is 0. The minimum Gasteiger partial charge on any atom is -0.382 e. The van der Waals surface area contributed by atoms with E-state index in [-0.39, 0.29) is 5.54 Å². The predicted octanol–water partition coefficient (Wildman–Crippen LogP) is 0.800. The number of methoxy groups -OCH3 is 1. The Bertz CT molecular complexity index is 334. The largest absolute Gasteiger partial charge is 0.382 e. The van der Waals surface area contributed by atoms with Crippen LogP contribution in [0, 0.1) is 5.92 Å². The average Bonchev–Trinajstić information content (AvgIpc) is 2.66. The van der Waals surface area contributed by atoms with Crippen LogP contribution >= 0.6 is 0 Å². The molecule has 1 N–H and O–H groups in total. The SMILES string of the molecule is COCC(C)(C)n1nnnc1CNCC(C)C. The summed E-state index contributed by atoms with van der Waals surface area (Å²) in [6.45, 7) is 10.7. The molecule has 6 heteroatoms. The first kappa shape index (κ1) is 14.1. The summed E-state index contributed by atoms with van der Waals surface area (Å²) in [7, 11) is 1.68. The molecule has 0 aromatic carbocycles. The van der Waals surface area contributed by atoms with E-state index in [4.69, 9.17) is 4.74 Å². The maximum Gasteiger partial charge on any atom is 0.165 e. The van der Waals surface area contributed by atoms with Crippen molar-refractivity contribution in [2.75, 3.05) is 20.3 Å². The van der Waals surface area contributed by atoms with Gasteiger partial charge in [0.2, 0.25) is 0 Å². The number of rotatable bonds is 7. The van der Waals surface area contributed by atoms with E-state index in [0.29, 0.717) is 19.1 Å². The van der Waals surface area contributed by atoms with Crippen LogP contribution in [0.3, 0.4) is 0 Å². The normalized spacial score (nSPS) is 12.4. The molecule has 0 unspecified atom stereocenters. The number of aromatic nitrogens is 4. The van der Waals surface area contributed by atoms with Crippen LogP contribution < -0.4 is 5.32 Å². The lowest BCUT2D eigenvalue weighted by atomic mass is 10.1. The van der Waals surface area contributed by atoms with Crippen molar-refractivity contribution in [2.45, 2.75) is 39.8 Å². The lowest BCUT2D eigenvalue weighted by Gasteiger charge is -2.24. The Morgan fingerprint density at radius 1 is 1.41 bits per heavy atom. The van der Waals surface area contributed by atoms with Crippen LogP contribution in [0.1, 0.15) is 33.5 Å². The van der Waals surface area contributed by atoms with Gasteiger partial charge in [-0.1, -0.05) is 13.8 Å². The molecule has 0 radical (unpaired) electrons.